The molecular weight excluding hydrogens is 399 g/mol. The molecule has 4 rings (SSSR count). The number of nitrogens with zero attached hydrogens (tertiary/aromatic N) is 3. The van der Waals surface area contributed by atoms with Gasteiger partial charge in [0.05, 0.1) is 12.8 Å². The summed E-state index contributed by atoms with van der Waals surface area (Å²) in [6, 6.07) is 6.52. The van der Waals surface area contributed by atoms with Crippen molar-refractivity contribution in [1.29, 1.82) is 0 Å². The molecule has 2 aliphatic heterocycles. The van der Waals surface area contributed by atoms with Crippen molar-refractivity contribution in [2.45, 2.75) is 37.9 Å². The monoisotopic (exact) mass is 423 g/mol. The predicted octanol–water partition coefficient (Wildman–Crippen LogP) is 4.22. The summed E-state index contributed by atoms with van der Waals surface area (Å²) in [6.45, 7) is 4.50. The van der Waals surface area contributed by atoms with Crippen LogP contribution in [-0.2, 0) is 6.18 Å². The third-order valence-electron chi connectivity index (χ3n) is 5.65. The predicted molar refractivity (Wildman–Crippen MR) is 103 cm³/mol. The van der Waals surface area contributed by atoms with Crippen molar-refractivity contribution in [3.05, 3.63) is 41.2 Å². The molecule has 30 heavy (non-hydrogen) atoms. The number of ether oxygens (including phenoxy) is 3. The minimum absolute atomic E-state index is 0.00514. The molecule has 2 atom stereocenters. The van der Waals surface area contributed by atoms with Crippen LogP contribution < -0.4 is 14.2 Å². The van der Waals surface area contributed by atoms with Gasteiger partial charge in [0.25, 0.3) is 5.88 Å². The zero-order valence-electron chi connectivity index (χ0n) is 16.9. The molecule has 0 saturated carbocycles. The number of hydrogen-bond donors (Lipinski definition) is 0. The summed E-state index contributed by atoms with van der Waals surface area (Å²) in [5.41, 5.74) is 0.528. The Hall–Kier alpha value is -2.55. The van der Waals surface area contributed by atoms with Gasteiger partial charge in [-0.15, -0.1) is 0 Å². The molecule has 6 nitrogen and oxygen atoms in total. The standard InChI is InChI=1S/C21H24F3N3O3/c1-13(16-5-6-17-20(25-16)30-9-8-29-17)27-7-3-4-14(12-27)15-10-18(21(22,23)24)26-19(11-15)28-2/h5-6,10-11,13-14H,3-4,7-9,12H2,1-2H3. The molecule has 0 amide bonds. The summed E-state index contributed by atoms with van der Waals surface area (Å²) in [7, 11) is 1.33. The average molecular weight is 423 g/mol. The lowest BCUT2D eigenvalue weighted by Gasteiger charge is -2.37. The number of methoxy groups -OCH3 is 1. The maximum atomic E-state index is 13.3. The highest BCUT2D eigenvalue weighted by Gasteiger charge is 2.35. The van der Waals surface area contributed by atoms with Gasteiger partial charge in [-0.2, -0.15) is 13.2 Å². The minimum Gasteiger partial charge on any atom is -0.484 e. The zero-order valence-corrected chi connectivity index (χ0v) is 16.9. The number of halogens is 3. The van der Waals surface area contributed by atoms with Gasteiger partial charge in [0.15, 0.2) is 5.75 Å². The molecule has 2 aromatic heterocycles. The lowest BCUT2D eigenvalue weighted by atomic mass is 9.89. The lowest BCUT2D eigenvalue weighted by Crippen LogP contribution is -2.36. The normalized spacial score (nSPS) is 20.6. The van der Waals surface area contributed by atoms with Crippen molar-refractivity contribution >= 4 is 0 Å². The van der Waals surface area contributed by atoms with E-state index in [1.165, 1.54) is 7.11 Å². The molecule has 1 fully saturated rings. The lowest BCUT2D eigenvalue weighted by molar-refractivity contribution is -0.141. The first kappa shape index (κ1) is 20.7. The molecule has 2 aliphatic rings. The van der Waals surface area contributed by atoms with Gasteiger partial charge in [0.2, 0.25) is 5.88 Å². The van der Waals surface area contributed by atoms with E-state index < -0.39 is 11.9 Å². The number of piperidine rings is 1. The van der Waals surface area contributed by atoms with E-state index in [2.05, 4.69) is 21.8 Å². The van der Waals surface area contributed by atoms with Crippen molar-refractivity contribution in [1.82, 2.24) is 14.9 Å². The highest BCUT2D eigenvalue weighted by Crippen LogP contribution is 2.37. The third-order valence-corrected chi connectivity index (χ3v) is 5.65. The van der Waals surface area contributed by atoms with Gasteiger partial charge >= 0.3 is 6.18 Å². The number of hydrogen-bond acceptors (Lipinski definition) is 6. The first-order chi connectivity index (χ1) is 14.3. The zero-order chi connectivity index (χ0) is 21.3. The summed E-state index contributed by atoms with van der Waals surface area (Å²) in [4.78, 5) is 10.4. The van der Waals surface area contributed by atoms with Crippen LogP contribution >= 0.6 is 0 Å². The SMILES string of the molecule is COc1cc(C2CCCN(C(C)c3ccc4c(n3)OCCO4)C2)cc(C(F)(F)F)n1. The minimum atomic E-state index is -4.51. The first-order valence-electron chi connectivity index (χ1n) is 9.99. The molecule has 4 heterocycles. The highest BCUT2D eigenvalue weighted by atomic mass is 19.4. The quantitative estimate of drug-likeness (QED) is 0.734. The van der Waals surface area contributed by atoms with E-state index in [1.54, 1.807) is 6.07 Å². The maximum absolute atomic E-state index is 13.3. The van der Waals surface area contributed by atoms with Crippen LogP contribution in [0.1, 0.15) is 48.7 Å². The maximum Gasteiger partial charge on any atom is 0.433 e. The van der Waals surface area contributed by atoms with Gasteiger partial charge in [0.1, 0.15) is 18.9 Å². The Bertz CT molecular complexity index is 907. The summed E-state index contributed by atoms with van der Waals surface area (Å²) in [5, 5.41) is 0. The Labute approximate surface area is 173 Å². The van der Waals surface area contributed by atoms with E-state index in [0.717, 1.165) is 31.1 Å². The number of pyridine rings is 2. The Morgan fingerprint density at radius 2 is 1.97 bits per heavy atom. The van der Waals surface area contributed by atoms with Crippen LogP contribution in [0.5, 0.6) is 17.5 Å². The van der Waals surface area contributed by atoms with E-state index in [4.69, 9.17) is 14.2 Å². The molecule has 0 spiro atoms. The molecule has 0 radical (unpaired) electrons. The van der Waals surface area contributed by atoms with Gasteiger partial charge in [-0.1, -0.05) is 0 Å². The van der Waals surface area contributed by atoms with E-state index in [-0.39, 0.29) is 17.8 Å². The number of alkyl halides is 3. The molecule has 0 aromatic carbocycles. The van der Waals surface area contributed by atoms with Gasteiger partial charge in [0, 0.05) is 18.7 Å². The molecule has 0 aliphatic carbocycles. The number of rotatable bonds is 4. The van der Waals surface area contributed by atoms with Gasteiger partial charge in [-0.3, -0.25) is 4.90 Å². The molecule has 0 bridgehead atoms. The molecule has 2 aromatic rings. The van der Waals surface area contributed by atoms with Crippen molar-refractivity contribution in [3.8, 4) is 17.5 Å². The second kappa shape index (κ2) is 8.29. The molecule has 162 valence electrons. The molecule has 0 N–H and O–H groups in total. The summed E-state index contributed by atoms with van der Waals surface area (Å²) >= 11 is 0. The van der Waals surface area contributed by atoms with Crippen molar-refractivity contribution in [2.75, 3.05) is 33.4 Å². The highest BCUT2D eigenvalue weighted by molar-refractivity contribution is 5.36. The van der Waals surface area contributed by atoms with Crippen LogP contribution in [0, 0.1) is 0 Å². The van der Waals surface area contributed by atoms with Crippen LogP contribution in [0.3, 0.4) is 0 Å². The van der Waals surface area contributed by atoms with Crippen molar-refractivity contribution in [3.63, 3.8) is 0 Å². The third kappa shape index (κ3) is 4.30. The fraction of sp³-hybridized carbons (Fsp3) is 0.524. The summed E-state index contributed by atoms with van der Waals surface area (Å²) in [5.74, 6) is 1.07. The Kier molecular flexibility index (Phi) is 5.73. The smallest absolute Gasteiger partial charge is 0.433 e. The number of fused-ring (bicyclic) bond motifs is 1. The van der Waals surface area contributed by atoms with Crippen LogP contribution in [-0.4, -0.2) is 48.3 Å². The number of aromatic nitrogens is 2. The average Bonchev–Trinajstić information content (AvgIpc) is 2.77. The Balaban J connectivity index is 1.55. The Morgan fingerprint density at radius 3 is 2.73 bits per heavy atom. The van der Waals surface area contributed by atoms with E-state index in [0.29, 0.717) is 37.0 Å². The van der Waals surface area contributed by atoms with Crippen LogP contribution in [0.2, 0.25) is 0 Å². The number of likely N-dealkylation sites (tertiary alicyclic amines) is 1. The molecule has 9 heteroatoms. The van der Waals surface area contributed by atoms with Crippen molar-refractivity contribution < 1.29 is 27.4 Å². The van der Waals surface area contributed by atoms with Gasteiger partial charge in [-0.25, -0.2) is 9.97 Å². The second-order valence-electron chi connectivity index (χ2n) is 7.57. The summed E-state index contributed by atoms with van der Waals surface area (Å²) in [6.07, 6.45) is -2.83. The molecule has 2 unspecified atom stereocenters. The molecular formula is C21H24F3N3O3. The van der Waals surface area contributed by atoms with Gasteiger partial charge < -0.3 is 14.2 Å². The fourth-order valence-electron chi connectivity index (χ4n) is 4.01. The summed E-state index contributed by atoms with van der Waals surface area (Å²) < 4.78 is 55.9. The van der Waals surface area contributed by atoms with Crippen LogP contribution in [0.4, 0.5) is 13.2 Å². The topological polar surface area (TPSA) is 56.7 Å². The largest absolute Gasteiger partial charge is 0.484 e. The van der Waals surface area contributed by atoms with Crippen LogP contribution in [0.25, 0.3) is 0 Å². The fourth-order valence-corrected chi connectivity index (χ4v) is 4.01. The first-order valence-corrected chi connectivity index (χ1v) is 9.99. The van der Waals surface area contributed by atoms with Gasteiger partial charge in [-0.05, 0) is 56.0 Å². The van der Waals surface area contributed by atoms with E-state index in [1.807, 2.05) is 12.1 Å². The van der Waals surface area contributed by atoms with E-state index in [9.17, 15) is 13.2 Å². The second-order valence-corrected chi connectivity index (χ2v) is 7.57. The Morgan fingerprint density at radius 1 is 1.17 bits per heavy atom. The van der Waals surface area contributed by atoms with Crippen molar-refractivity contribution in [2.24, 2.45) is 0 Å². The van der Waals surface area contributed by atoms with Crippen LogP contribution in [0.15, 0.2) is 24.3 Å². The van der Waals surface area contributed by atoms with E-state index >= 15 is 0 Å². The molecule has 1 saturated heterocycles.